The van der Waals surface area contributed by atoms with Crippen molar-refractivity contribution >= 4 is 0 Å². The molecule has 0 spiro atoms. The molecule has 0 saturated heterocycles. The van der Waals surface area contributed by atoms with E-state index in [1.54, 1.807) is 7.11 Å². The Hall–Kier alpha value is -2.54. The van der Waals surface area contributed by atoms with Gasteiger partial charge in [0.05, 0.1) is 7.11 Å². The number of hydrogen-bond donors (Lipinski definition) is 0. The number of methoxy groups -OCH3 is 1. The molecule has 0 atom stereocenters. The number of hydrogen-bond acceptors (Lipinski definition) is 1. The van der Waals surface area contributed by atoms with E-state index in [0.717, 1.165) is 5.75 Å². The molecule has 0 fully saturated rings. The normalized spacial score (nSPS) is 10.4. The van der Waals surface area contributed by atoms with E-state index in [4.69, 9.17) is 4.74 Å². The van der Waals surface area contributed by atoms with Crippen LogP contribution in [0.3, 0.4) is 0 Å². The zero-order valence-electron chi connectivity index (χ0n) is 12.3. The van der Waals surface area contributed by atoms with Crippen LogP contribution in [0, 0.1) is 6.92 Å². The van der Waals surface area contributed by atoms with Crippen molar-refractivity contribution in [2.75, 3.05) is 7.11 Å². The van der Waals surface area contributed by atoms with Crippen LogP contribution in [0.2, 0.25) is 0 Å². The van der Waals surface area contributed by atoms with Crippen LogP contribution in [0.5, 0.6) is 5.75 Å². The van der Waals surface area contributed by atoms with Gasteiger partial charge in [-0.3, -0.25) is 0 Å². The van der Waals surface area contributed by atoms with Crippen LogP contribution in [0.1, 0.15) is 5.56 Å². The summed E-state index contributed by atoms with van der Waals surface area (Å²) in [5, 5.41) is 0. The maximum absolute atomic E-state index is 5.30. The Morgan fingerprint density at radius 3 is 1.86 bits per heavy atom. The first-order valence-electron chi connectivity index (χ1n) is 7.08. The molecule has 0 saturated carbocycles. The van der Waals surface area contributed by atoms with E-state index in [1.807, 2.05) is 12.1 Å². The molecule has 3 rings (SSSR count). The Morgan fingerprint density at radius 2 is 1.19 bits per heavy atom. The summed E-state index contributed by atoms with van der Waals surface area (Å²) in [6, 6.07) is 25.4. The van der Waals surface area contributed by atoms with Crippen LogP contribution in [-0.4, -0.2) is 7.11 Å². The molecule has 3 aromatic rings. The van der Waals surface area contributed by atoms with Crippen LogP contribution in [0.4, 0.5) is 0 Å². The first-order chi connectivity index (χ1) is 10.3. The van der Waals surface area contributed by atoms with E-state index in [9.17, 15) is 0 Å². The largest absolute Gasteiger partial charge is 0.497 e. The molecule has 0 unspecified atom stereocenters. The average Bonchev–Trinajstić information content (AvgIpc) is 2.56. The van der Waals surface area contributed by atoms with Crippen molar-refractivity contribution < 1.29 is 4.74 Å². The van der Waals surface area contributed by atoms with Gasteiger partial charge in [0.15, 0.2) is 0 Å². The molecule has 0 bridgehead atoms. The third kappa shape index (κ3) is 2.97. The standard InChI is InChI=1S/C20H18O/c1-15-9-11-16(12-10-15)17-5-3-6-18(13-17)19-7-4-8-20(14-19)21-2/h3-14H,1-2H3. The fraction of sp³-hybridized carbons (Fsp3) is 0.100. The molecule has 0 heterocycles. The number of aryl methyl sites for hydroxylation is 1. The zero-order valence-corrected chi connectivity index (χ0v) is 12.3. The topological polar surface area (TPSA) is 9.23 Å². The second-order valence-corrected chi connectivity index (χ2v) is 5.18. The molecule has 21 heavy (non-hydrogen) atoms. The van der Waals surface area contributed by atoms with Gasteiger partial charge in [0.25, 0.3) is 0 Å². The minimum atomic E-state index is 0.883. The third-order valence-corrected chi connectivity index (χ3v) is 3.65. The van der Waals surface area contributed by atoms with E-state index < -0.39 is 0 Å². The van der Waals surface area contributed by atoms with Crippen molar-refractivity contribution in [3.8, 4) is 28.0 Å². The first-order valence-corrected chi connectivity index (χ1v) is 7.08. The van der Waals surface area contributed by atoms with Crippen molar-refractivity contribution in [3.05, 3.63) is 78.4 Å². The summed E-state index contributed by atoms with van der Waals surface area (Å²) in [6.45, 7) is 2.11. The van der Waals surface area contributed by atoms with Gasteiger partial charge >= 0.3 is 0 Å². The number of rotatable bonds is 3. The molecule has 0 aliphatic heterocycles. The molecular formula is C20H18O. The second-order valence-electron chi connectivity index (χ2n) is 5.18. The van der Waals surface area contributed by atoms with Crippen molar-refractivity contribution in [1.82, 2.24) is 0 Å². The predicted molar refractivity (Wildman–Crippen MR) is 88.6 cm³/mol. The molecule has 104 valence electrons. The van der Waals surface area contributed by atoms with Gasteiger partial charge in [-0.2, -0.15) is 0 Å². The molecule has 0 amide bonds. The Morgan fingerprint density at radius 1 is 0.619 bits per heavy atom. The van der Waals surface area contributed by atoms with Crippen molar-refractivity contribution in [1.29, 1.82) is 0 Å². The molecule has 1 nitrogen and oxygen atoms in total. The van der Waals surface area contributed by atoms with Crippen LogP contribution < -0.4 is 4.74 Å². The van der Waals surface area contributed by atoms with Gasteiger partial charge in [-0.15, -0.1) is 0 Å². The SMILES string of the molecule is COc1cccc(-c2cccc(-c3ccc(C)cc3)c2)c1. The highest BCUT2D eigenvalue weighted by Crippen LogP contribution is 2.28. The van der Waals surface area contributed by atoms with E-state index in [2.05, 4.69) is 67.6 Å². The lowest BCUT2D eigenvalue weighted by atomic mass is 9.98. The predicted octanol–water partition coefficient (Wildman–Crippen LogP) is 5.34. The summed E-state index contributed by atoms with van der Waals surface area (Å²) in [7, 11) is 1.70. The monoisotopic (exact) mass is 274 g/mol. The van der Waals surface area contributed by atoms with Gasteiger partial charge in [0.1, 0.15) is 5.75 Å². The van der Waals surface area contributed by atoms with E-state index in [-0.39, 0.29) is 0 Å². The molecular weight excluding hydrogens is 256 g/mol. The molecule has 0 radical (unpaired) electrons. The second kappa shape index (κ2) is 5.84. The summed E-state index contributed by atoms with van der Waals surface area (Å²) in [5.74, 6) is 0.883. The van der Waals surface area contributed by atoms with Crippen LogP contribution in [0.25, 0.3) is 22.3 Å². The highest BCUT2D eigenvalue weighted by molar-refractivity contribution is 5.73. The van der Waals surface area contributed by atoms with Crippen LogP contribution in [-0.2, 0) is 0 Å². The van der Waals surface area contributed by atoms with E-state index >= 15 is 0 Å². The molecule has 0 aliphatic carbocycles. The quantitative estimate of drug-likeness (QED) is 0.626. The van der Waals surface area contributed by atoms with Crippen LogP contribution in [0.15, 0.2) is 72.8 Å². The zero-order chi connectivity index (χ0) is 14.7. The van der Waals surface area contributed by atoms with Gasteiger partial charge in [-0.05, 0) is 47.4 Å². The van der Waals surface area contributed by atoms with E-state index in [0.29, 0.717) is 0 Å². The molecule has 0 aromatic heterocycles. The smallest absolute Gasteiger partial charge is 0.119 e. The maximum atomic E-state index is 5.30. The number of benzene rings is 3. The Balaban J connectivity index is 2.01. The fourth-order valence-electron chi connectivity index (χ4n) is 2.43. The van der Waals surface area contributed by atoms with Gasteiger partial charge < -0.3 is 4.74 Å². The number of ether oxygens (including phenoxy) is 1. The minimum absolute atomic E-state index is 0.883. The van der Waals surface area contributed by atoms with E-state index in [1.165, 1.54) is 27.8 Å². The summed E-state index contributed by atoms with van der Waals surface area (Å²) in [6.07, 6.45) is 0. The Labute approximate surface area is 125 Å². The molecule has 1 heteroatoms. The van der Waals surface area contributed by atoms with Gasteiger partial charge in [-0.25, -0.2) is 0 Å². The summed E-state index contributed by atoms with van der Waals surface area (Å²) < 4.78 is 5.30. The highest BCUT2D eigenvalue weighted by atomic mass is 16.5. The third-order valence-electron chi connectivity index (χ3n) is 3.65. The molecule has 3 aromatic carbocycles. The van der Waals surface area contributed by atoms with Gasteiger partial charge in [-0.1, -0.05) is 60.2 Å². The Bertz CT molecular complexity index is 742. The first kappa shape index (κ1) is 13.4. The van der Waals surface area contributed by atoms with Crippen molar-refractivity contribution in [2.45, 2.75) is 6.92 Å². The Kier molecular flexibility index (Phi) is 3.74. The fourth-order valence-corrected chi connectivity index (χ4v) is 2.43. The minimum Gasteiger partial charge on any atom is -0.497 e. The average molecular weight is 274 g/mol. The van der Waals surface area contributed by atoms with Crippen LogP contribution >= 0.6 is 0 Å². The maximum Gasteiger partial charge on any atom is 0.119 e. The van der Waals surface area contributed by atoms with Crippen molar-refractivity contribution in [2.24, 2.45) is 0 Å². The molecule has 0 N–H and O–H groups in total. The molecule has 0 aliphatic rings. The van der Waals surface area contributed by atoms with Gasteiger partial charge in [0.2, 0.25) is 0 Å². The lowest BCUT2D eigenvalue weighted by Gasteiger charge is -2.08. The summed E-state index contributed by atoms with van der Waals surface area (Å²) in [5.41, 5.74) is 6.12. The highest BCUT2D eigenvalue weighted by Gasteiger charge is 2.02. The summed E-state index contributed by atoms with van der Waals surface area (Å²) in [4.78, 5) is 0. The lowest BCUT2D eigenvalue weighted by Crippen LogP contribution is -1.85. The lowest BCUT2D eigenvalue weighted by molar-refractivity contribution is 0.415. The van der Waals surface area contributed by atoms with Gasteiger partial charge in [0, 0.05) is 0 Å². The van der Waals surface area contributed by atoms with Crippen molar-refractivity contribution in [3.63, 3.8) is 0 Å². The summed E-state index contributed by atoms with van der Waals surface area (Å²) >= 11 is 0.